The van der Waals surface area contributed by atoms with Crippen LogP contribution in [-0.2, 0) is 11.3 Å². The van der Waals surface area contributed by atoms with Crippen molar-refractivity contribution in [1.29, 1.82) is 0 Å². The molecule has 1 N–H and O–H groups in total. The first-order chi connectivity index (χ1) is 9.63. The normalized spacial score (nSPS) is 31.2. The van der Waals surface area contributed by atoms with Gasteiger partial charge in [-0.05, 0) is 18.9 Å². The van der Waals surface area contributed by atoms with Crippen LogP contribution < -0.4 is 0 Å². The molecule has 0 spiro atoms. The average molecular weight is 274 g/mol. The lowest BCUT2D eigenvalue weighted by Gasteiger charge is -2.24. The first-order valence-corrected chi connectivity index (χ1v) is 7.39. The molecule has 4 heteroatoms. The zero-order valence-corrected chi connectivity index (χ0v) is 11.9. The summed E-state index contributed by atoms with van der Waals surface area (Å²) in [5.41, 5.74) is 1.31. The van der Waals surface area contributed by atoms with E-state index in [2.05, 4.69) is 36.1 Å². The van der Waals surface area contributed by atoms with Crippen LogP contribution in [0.3, 0.4) is 0 Å². The number of nitrogens with zero attached hydrogens (tertiary/aromatic N) is 2. The zero-order chi connectivity index (χ0) is 14.1. The van der Waals surface area contributed by atoms with Crippen molar-refractivity contribution in [2.75, 3.05) is 13.1 Å². The minimum Gasteiger partial charge on any atom is -0.391 e. The molecule has 1 aromatic carbocycles. The number of carbonyl (C=O) groups is 1. The molecular formula is C16H22N2O2. The first-order valence-electron chi connectivity index (χ1n) is 7.39. The number of rotatable bonds is 3. The summed E-state index contributed by atoms with van der Waals surface area (Å²) in [7, 11) is 0. The van der Waals surface area contributed by atoms with Gasteiger partial charge in [0.25, 0.3) is 0 Å². The second kappa shape index (κ2) is 5.54. The molecule has 2 aliphatic heterocycles. The van der Waals surface area contributed by atoms with Crippen LogP contribution in [-0.4, -0.2) is 52.1 Å². The lowest BCUT2D eigenvalue weighted by Crippen LogP contribution is -2.39. The van der Waals surface area contributed by atoms with Gasteiger partial charge in [-0.15, -0.1) is 0 Å². The van der Waals surface area contributed by atoms with Gasteiger partial charge in [0.15, 0.2) is 0 Å². The summed E-state index contributed by atoms with van der Waals surface area (Å²) >= 11 is 0. The van der Waals surface area contributed by atoms with Crippen molar-refractivity contribution in [1.82, 2.24) is 9.80 Å². The molecule has 2 heterocycles. The number of carbonyl (C=O) groups excluding carboxylic acids is 1. The Hall–Kier alpha value is -1.39. The largest absolute Gasteiger partial charge is 0.391 e. The van der Waals surface area contributed by atoms with Gasteiger partial charge < -0.3 is 10.0 Å². The van der Waals surface area contributed by atoms with Crippen molar-refractivity contribution in [3.8, 4) is 0 Å². The number of likely N-dealkylation sites (tertiary alicyclic amines) is 2. The molecule has 108 valence electrons. The number of hydrogen-bond acceptors (Lipinski definition) is 3. The highest BCUT2D eigenvalue weighted by molar-refractivity contribution is 5.79. The molecule has 0 aromatic heterocycles. The van der Waals surface area contributed by atoms with E-state index in [4.69, 9.17) is 0 Å². The fourth-order valence-corrected chi connectivity index (χ4v) is 3.40. The predicted molar refractivity (Wildman–Crippen MR) is 77.1 cm³/mol. The van der Waals surface area contributed by atoms with Gasteiger partial charge >= 0.3 is 0 Å². The maximum Gasteiger partial charge on any atom is 0.225 e. The van der Waals surface area contributed by atoms with Crippen LogP contribution in [0.4, 0.5) is 0 Å². The Bertz CT molecular complexity index is 477. The van der Waals surface area contributed by atoms with Gasteiger partial charge in [-0.1, -0.05) is 30.3 Å². The van der Waals surface area contributed by atoms with E-state index in [0.717, 1.165) is 19.5 Å². The summed E-state index contributed by atoms with van der Waals surface area (Å²) in [5.74, 6) is 0.108. The minimum atomic E-state index is -0.471. The quantitative estimate of drug-likeness (QED) is 0.902. The Labute approximate surface area is 120 Å². The van der Waals surface area contributed by atoms with E-state index in [1.807, 2.05) is 11.0 Å². The molecule has 3 atom stereocenters. The number of benzene rings is 1. The highest BCUT2D eigenvalue weighted by atomic mass is 16.3. The molecule has 1 amide bonds. The van der Waals surface area contributed by atoms with E-state index in [0.29, 0.717) is 19.0 Å². The van der Waals surface area contributed by atoms with Crippen molar-refractivity contribution < 1.29 is 9.90 Å². The topological polar surface area (TPSA) is 43.8 Å². The molecule has 3 unspecified atom stereocenters. The molecule has 0 saturated carbocycles. The smallest absolute Gasteiger partial charge is 0.225 e. The van der Waals surface area contributed by atoms with E-state index < -0.39 is 6.10 Å². The Morgan fingerprint density at radius 1 is 1.25 bits per heavy atom. The third kappa shape index (κ3) is 2.72. The Balaban J connectivity index is 1.63. The maximum atomic E-state index is 11.9. The van der Waals surface area contributed by atoms with E-state index in [-0.39, 0.29) is 11.9 Å². The van der Waals surface area contributed by atoms with Crippen molar-refractivity contribution in [2.45, 2.75) is 44.5 Å². The van der Waals surface area contributed by atoms with E-state index in [1.165, 1.54) is 5.56 Å². The summed E-state index contributed by atoms with van der Waals surface area (Å²) in [6.07, 6.45) is 0.829. The average Bonchev–Trinajstić information content (AvgIpc) is 2.94. The van der Waals surface area contributed by atoms with E-state index >= 15 is 0 Å². The van der Waals surface area contributed by atoms with E-state index in [9.17, 15) is 9.90 Å². The number of hydrogen-bond donors (Lipinski definition) is 1. The van der Waals surface area contributed by atoms with Gasteiger partial charge in [-0.2, -0.15) is 0 Å². The van der Waals surface area contributed by atoms with Gasteiger partial charge in [0.05, 0.1) is 12.5 Å². The lowest BCUT2D eigenvalue weighted by molar-refractivity contribution is -0.129. The molecule has 2 aliphatic rings. The number of aliphatic hydroxyl groups is 1. The fourth-order valence-electron chi connectivity index (χ4n) is 3.40. The summed E-state index contributed by atoms with van der Waals surface area (Å²) in [6, 6.07) is 11.2. The molecule has 2 fully saturated rings. The summed E-state index contributed by atoms with van der Waals surface area (Å²) in [6.45, 7) is 4.58. The Morgan fingerprint density at radius 3 is 2.65 bits per heavy atom. The summed E-state index contributed by atoms with van der Waals surface area (Å²) < 4.78 is 0. The molecule has 0 bridgehead atoms. The van der Waals surface area contributed by atoms with Gasteiger partial charge in [0.2, 0.25) is 5.91 Å². The zero-order valence-electron chi connectivity index (χ0n) is 11.9. The number of amides is 1. The number of aliphatic hydroxyl groups excluding tert-OH is 1. The molecule has 3 rings (SSSR count). The standard InChI is InChI=1S/C16H22N2O2/c1-12-7-14(18-11-15(19)8-16(18)20)10-17(12)9-13-5-3-2-4-6-13/h2-6,12,14-15,19H,7-11H2,1H3. The molecule has 1 aromatic rings. The maximum absolute atomic E-state index is 11.9. The highest BCUT2D eigenvalue weighted by Gasteiger charge is 2.39. The minimum absolute atomic E-state index is 0.108. The molecular weight excluding hydrogens is 252 g/mol. The molecule has 4 nitrogen and oxygen atoms in total. The van der Waals surface area contributed by atoms with Gasteiger partial charge in [0.1, 0.15) is 0 Å². The first kappa shape index (κ1) is 13.6. The SMILES string of the molecule is CC1CC(N2CC(O)CC2=O)CN1Cc1ccccc1. The Morgan fingerprint density at radius 2 is 2.00 bits per heavy atom. The van der Waals surface area contributed by atoms with Gasteiger partial charge in [0, 0.05) is 31.7 Å². The third-order valence-electron chi connectivity index (χ3n) is 4.49. The van der Waals surface area contributed by atoms with Crippen LogP contribution in [0.25, 0.3) is 0 Å². The van der Waals surface area contributed by atoms with Crippen LogP contribution in [0.2, 0.25) is 0 Å². The predicted octanol–water partition coefficient (Wildman–Crippen LogP) is 1.24. The van der Waals surface area contributed by atoms with Crippen LogP contribution in [0, 0.1) is 0 Å². The summed E-state index contributed by atoms with van der Waals surface area (Å²) in [5, 5.41) is 9.62. The third-order valence-corrected chi connectivity index (χ3v) is 4.49. The van der Waals surface area contributed by atoms with Crippen LogP contribution in [0.5, 0.6) is 0 Å². The Kier molecular flexibility index (Phi) is 3.76. The molecule has 0 aliphatic carbocycles. The van der Waals surface area contributed by atoms with Crippen LogP contribution in [0.1, 0.15) is 25.3 Å². The highest BCUT2D eigenvalue weighted by Crippen LogP contribution is 2.27. The molecule has 0 radical (unpaired) electrons. The second-order valence-corrected chi connectivity index (χ2v) is 6.06. The van der Waals surface area contributed by atoms with Gasteiger partial charge in [-0.25, -0.2) is 0 Å². The van der Waals surface area contributed by atoms with Crippen molar-refractivity contribution >= 4 is 5.91 Å². The second-order valence-electron chi connectivity index (χ2n) is 6.06. The molecule has 2 saturated heterocycles. The monoisotopic (exact) mass is 274 g/mol. The number of β-amino-alcohol motifs (C(OH)–C–C–N with tert-alkyl or cyclic N) is 1. The van der Waals surface area contributed by atoms with E-state index in [1.54, 1.807) is 0 Å². The van der Waals surface area contributed by atoms with Crippen molar-refractivity contribution in [3.63, 3.8) is 0 Å². The molecule has 20 heavy (non-hydrogen) atoms. The van der Waals surface area contributed by atoms with Gasteiger partial charge in [-0.3, -0.25) is 9.69 Å². The van der Waals surface area contributed by atoms with Crippen LogP contribution >= 0.6 is 0 Å². The summed E-state index contributed by atoms with van der Waals surface area (Å²) in [4.78, 5) is 16.2. The van der Waals surface area contributed by atoms with Crippen molar-refractivity contribution in [2.24, 2.45) is 0 Å². The fraction of sp³-hybridized carbons (Fsp3) is 0.562. The van der Waals surface area contributed by atoms with Crippen molar-refractivity contribution in [3.05, 3.63) is 35.9 Å². The lowest BCUT2D eigenvalue weighted by atomic mass is 10.1. The van der Waals surface area contributed by atoms with Crippen LogP contribution in [0.15, 0.2) is 30.3 Å².